The zero-order valence-corrected chi connectivity index (χ0v) is 13.0. The lowest BCUT2D eigenvalue weighted by Gasteiger charge is -2.18. The van der Waals surface area contributed by atoms with Crippen LogP contribution >= 0.6 is 15.9 Å². The van der Waals surface area contributed by atoms with E-state index in [1.807, 2.05) is 0 Å². The molecule has 1 N–H and O–H groups in total. The molecule has 0 aromatic carbocycles. The number of halogens is 1. The van der Waals surface area contributed by atoms with Crippen molar-refractivity contribution in [1.29, 1.82) is 0 Å². The number of hydrogen-bond acceptors (Lipinski definition) is 5. The van der Waals surface area contributed by atoms with Crippen LogP contribution in [0.15, 0.2) is 0 Å². The van der Waals surface area contributed by atoms with Crippen LogP contribution in [0.4, 0.5) is 0 Å². The van der Waals surface area contributed by atoms with E-state index in [0.29, 0.717) is 0 Å². The fraction of sp³-hybridized carbons (Fsp3) is 0.750. The molecular weight excluding hydrogens is 318 g/mol. The molecule has 0 saturated heterocycles. The van der Waals surface area contributed by atoms with Crippen molar-refractivity contribution in [2.24, 2.45) is 0 Å². The van der Waals surface area contributed by atoms with Crippen LogP contribution in [0.1, 0.15) is 33.6 Å². The van der Waals surface area contributed by atoms with E-state index in [2.05, 4.69) is 21.2 Å². The number of esters is 2. The van der Waals surface area contributed by atoms with Crippen molar-refractivity contribution in [3.63, 3.8) is 0 Å². The first-order valence-corrected chi connectivity index (χ1v) is 7.07. The Morgan fingerprint density at radius 2 is 1.47 bits per heavy atom. The summed E-state index contributed by atoms with van der Waals surface area (Å²) < 4.78 is 9.60. The average molecular weight is 338 g/mol. The number of hydrogen-bond donors (Lipinski definition) is 1. The number of carbonyl (C=O) groups is 3. The van der Waals surface area contributed by atoms with Crippen LogP contribution in [-0.2, 0) is 23.9 Å². The normalized spacial score (nSPS) is 11.8. The van der Waals surface area contributed by atoms with Crippen LogP contribution in [0.25, 0.3) is 0 Å². The number of ether oxygens (including phenoxy) is 2. The first-order valence-electron chi connectivity index (χ1n) is 6.16. The predicted molar refractivity (Wildman–Crippen MR) is 72.8 cm³/mol. The zero-order valence-electron chi connectivity index (χ0n) is 11.4. The van der Waals surface area contributed by atoms with Crippen molar-refractivity contribution in [3.8, 4) is 0 Å². The molecule has 110 valence electrons. The van der Waals surface area contributed by atoms with Gasteiger partial charge in [0.25, 0.3) is 0 Å². The minimum absolute atomic E-state index is 0.0574. The highest BCUT2D eigenvalue weighted by molar-refractivity contribution is 9.10. The lowest BCUT2D eigenvalue weighted by Crippen LogP contribution is -2.41. The first-order chi connectivity index (χ1) is 8.90. The van der Waals surface area contributed by atoms with Crippen LogP contribution in [0.5, 0.6) is 0 Å². The van der Waals surface area contributed by atoms with E-state index in [4.69, 9.17) is 9.47 Å². The molecule has 0 aromatic rings. The number of alkyl halides is 1. The molecule has 0 radical (unpaired) electrons. The molecule has 19 heavy (non-hydrogen) atoms. The second-order valence-corrected chi connectivity index (χ2v) is 5.21. The summed E-state index contributed by atoms with van der Waals surface area (Å²) in [5.74, 6) is -1.21. The highest BCUT2D eigenvalue weighted by Crippen LogP contribution is 2.05. The van der Waals surface area contributed by atoms with E-state index in [9.17, 15) is 14.4 Å². The zero-order chi connectivity index (χ0) is 14.8. The second kappa shape index (κ2) is 9.77. The largest absolute Gasteiger partial charge is 0.466 e. The van der Waals surface area contributed by atoms with Crippen molar-refractivity contribution >= 4 is 33.8 Å². The van der Waals surface area contributed by atoms with Gasteiger partial charge in [-0.15, -0.1) is 0 Å². The van der Waals surface area contributed by atoms with Crippen LogP contribution in [0.2, 0.25) is 0 Å². The Hall–Kier alpha value is -1.11. The summed E-state index contributed by atoms with van der Waals surface area (Å²) in [5.41, 5.74) is 0. The van der Waals surface area contributed by atoms with Gasteiger partial charge >= 0.3 is 11.9 Å². The lowest BCUT2D eigenvalue weighted by molar-refractivity contribution is -0.146. The molecule has 0 saturated carbocycles. The Bertz CT molecular complexity index is 299. The maximum atomic E-state index is 11.6. The Morgan fingerprint density at radius 1 is 1.05 bits per heavy atom. The van der Waals surface area contributed by atoms with Gasteiger partial charge in [-0.25, -0.2) is 0 Å². The summed E-state index contributed by atoms with van der Waals surface area (Å²) in [6.45, 7) is 5.55. The summed E-state index contributed by atoms with van der Waals surface area (Å²) in [7, 11) is 0. The van der Waals surface area contributed by atoms with Crippen molar-refractivity contribution in [1.82, 2.24) is 5.32 Å². The molecule has 0 bridgehead atoms. The van der Waals surface area contributed by atoms with Gasteiger partial charge in [-0.3, -0.25) is 14.4 Å². The van der Waals surface area contributed by atoms with E-state index in [1.165, 1.54) is 0 Å². The molecule has 0 fully saturated rings. The van der Waals surface area contributed by atoms with Crippen molar-refractivity contribution < 1.29 is 23.9 Å². The average Bonchev–Trinajstić information content (AvgIpc) is 2.28. The third-order valence-corrected chi connectivity index (χ3v) is 2.56. The number of amides is 1. The van der Waals surface area contributed by atoms with Gasteiger partial charge in [0.05, 0.1) is 30.9 Å². The molecule has 0 rings (SSSR count). The Morgan fingerprint density at radius 3 is 1.79 bits per heavy atom. The molecule has 0 aromatic heterocycles. The highest BCUT2D eigenvalue weighted by atomic mass is 79.9. The van der Waals surface area contributed by atoms with Gasteiger partial charge < -0.3 is 14.8 Å². The van der Waals surface area contributed by atoms with Gasteiger partial charge in [-0.2, -0.15) is 0 Å². The van der Waals surface area contributed by atoms with Gasteiger partial charge in [0, 0.05) is 6.04 Å². The van der Waals surface area contributed by atoms with Crippen LogP contribution in [0, 0.1) is 0 Å². The van der Waals surface area contributed by atoms with Crippen molar-refractivity contribution in [3.05, 3.63) is 0 Å². The molecule has 1 amide bonds. The topological polar surface area (TPSA) is 81.7 Å². The van der Waals surface area contributed by atoms with E-state index >= 15 is 0 Å². The van der Waals surface area contributed by atoms with Gasteiger partial charge in [-0.05, 0) is 20.8 Å². The molecule has 0 aliphatic heterocycles. The minimum Gasteiger partial charge on any atom is -0.466 e. The van der Waals surface area contributed by atoms with Crippen LogP contribution in [0.3, 0.4) is 0 Å². The standard InChI is InChI=1S/C12H20BrNO5/c1-4-18-10(15)6-9(7-11(16)19-5-2)14-12(17)8(3)13/h8-9H,4-7H2,1-3H3,(H,14,17). The fourth-order valence-electron chi connectivity index (χ4n) is 1.33. The SMILES string of the molecule is CCOC(=O)CC(CC(=O)OCC)NC(=O)C(C)Br. The van der Waals surface area contributed by atoms with Gasteiger partial charge in [0.2, 0.25) is 5.91 Å². The maximum absolute atomic E-state index is 11.6. The van der Waals surface area contributed by atoms with Crippen molar-refractivity contribution in [2.45, 2.75) is 44.5 Å². The predicted octanol–water partition coefficient (Wildman–Crippen LogP) is 1.16. The molecule has 0 heterocycles. The summed E-state index contributed by atoms with van der Waals surface area (Å²) in [6.07, 6.45) is -0.115. The van der Waals surface area contributed by atoms with Crippen molar-refractivity contribution in [2.75, 3.05) is 13.2 Å². The Kier molecular flexibility index (Phi) is 9.20. The molecule has 6 nitrogen and oxygen atoms in total. The number of carbonyl (C=O) groups excluding carboxylic acids is 3. The lowest BCUT2D eigenvalue weighted by atomic mass is 10.1. The molecule has 0 aliphatic rings. The maximum Gasteiger partial charge on any atom is 0.307 e. The number of nitrogens with one attached hydrogen (secondary N) is 1. The monoisotopic (exact) mass is 337 g/mol. The summed E-state index contributed by atoms with van der Waals surface area (Å²) in [5, 5.41) is 2.61. The van der Waals surface area contributed by atoms with E-state index in [-0.39, 0.29) is 32.0 Å². The summed E-state index contributed by atoms with van der Waals surface area (Å²) >= 11 is 3.12. The van der Waals surface area contributed by atoms with E-state index in [0.717, 1.165) is 0 Å². The molecular formula is C12H20BrNO5. The second-order valence-electron chi connectivity index (χ2n) is 3.84. The highest BCUT2D eigenvalue weighted by Gasteiger charge is 2.22. The molecule has 0 aliphatic carbocycles. The third kappa shape index (κ3) is 8.58. The molecule has 1 atom stereocenters. The quantitative estimate of drug-likeness (QED) is 0.531. The fourth-order valence-corrected chi connectivity index (χ4v) is 1.46. The van der Waals surface area contributed by atoms with Gasteiger partial charge in [0.15, 0.2) is 0 Å². The Balaban J connectivity index is 4.49. The Labute approximate surface area is 121 Å². The third-order valence-electron chi connectivity index (χ3n) is 2.14. The van der Waals surface area contributed by atoms with E-state index < -0.39 is 22.8 Å². The minimum atomic E-state index is -0.620. The van der Waals surface area contributed by atoms with Crippen LogP contribution in [-0.4, -0.2) is 41.9 Å². The molecule has 0 spiro atoms. The molecule has 7 heteroatoms. The summed E-state index contributed by atoms with van der Waals surface area (Å²) in [4.78, 5) is 34.0. The first kappa shape index (κ1) is 17.9. The van der Waals surface area contributed by atoms with Gasteiger partial charge in [0.1, 0.15) is 0 Å². The van der Waals surface area contributed by atoms with E-state index in [1.54, 1.807) is 20.8 Å². The number of rotatable bonds is 8. The van der Waals surface area contributed by atoms with Gasteiger partial charge in [-0.1, -0.05) is 15.9 Å². The van der Waals surface area contributed by atoms with Crippen LogP contribution < -0.4 is 5.32 Å². The summed E-state index contributed by atoms with van der Waals surface area (Å²) in [6, 6.07) is -0.620. The smallest absolute Gasteiger partial charge is 0.307 e. The molecule has 1 unspecified atom stereocenters.